The molecule has 0 saturated carbocycles. The van der Waals surface area contributed by atoms with E-state index in [9.17, 15) is 10.1 Å². The van der Waals surface area contributed by atoms with Crippen LogP contribution in [0.4, 0.5) is 5.69 Å². The molecule has 0 atom stereocenters. The molecule has 3 rings (SSSR count). The zero-order chi connectivity index (χ0) is 18.5. The molecule has 1 amide bonds. The lowest BCUT2D eigenvalue weighted by atomic mass is 9.95. The third-order valence-corrected chi connectivity index (χ3v) is 4.41. The van der Waals surface area contributed by atoms with Gasteiger partial charge in [0.1, 0.15) is 5.75 Å². The molecular formula is C21H15BrN2O2. The van der Waals surface area contributed by atoms with Crippen molar-refractivity contribution in [3.63, 3.8) is 0 Å². The molecule has 0 aromatic heterocycles. The van der Waals surface area contributed by atoms with Crippen molar-refractivity contribution < 1.29 is 9.53 Å². The predicted octanol–water partition coefficient (Wildman–Crippen LogP) is 5.25. The number of hydrogen-bond acceptors (Lipinski definition) is 3. The summed E-state index contributed by atoms with van der Waals surface area (Å²) in [6, 6.07) is 22.0. The van der Waals surface area contributed by atoms with Crippen molar-refractivity contribution in [1.29, 1.82) is 5.26 Å². The normalized spacial score (nSPS) is 10.0. The van der Waals surface area contributed by atoms with Gasteiger partial charge >= 0.3 is 0 Å². The van der Waals surface area contributed by atoms with Crippen molar-refractivity contribution in [2.45, 2.75) is 0 Å². The highest BCUT2D eigenvalue weighted by Crippen LogP contribution is 2.31. The van der Waals surface area contributed by atoms with Crippen molar-refractivity contribution in [3.05, 3.63) is 82.3 Å². The zero-order valence-corrected chi connectivity index (χ0v) is 15.6. The average Bonchev–Trinajstić information content (AvgIpc) is 2.68. The Morgan fingerprint density at radius 1 is 1.04 bits per heavy atom. The average molecular weight is 407 g/mol. The van der Waals surface area contributed by atoms with Gasteiger partial charge in [0, 0.05) is 15.6 Å². The van der Waals surface area contributed by atoms with Gasteiger partial charge in [-0.25, -0.2) is 0 Å². The number of carbonyl (C=O) groups is 1. The molecule has 3 aromatic rings. The van der Waals surface area contributed by atoms with Crippen LogP contribution in [-0.4, -0.2) is 13.0 Å². The Morgan fingerprint density at radius 2 is 1.73 bits per heavy atom. The predicted molar refractivity (Wildman–Crippen MR) is 105 cm³/mol. The second-order valence-corrected chi connectivity index (χ2v) is 6.42. The summed E-state index contributed by atoms with van der Waals surface area (Å²) >= 11 is 3.40. The number of nitrogens with zero attached hydrogens (tertiary/aromatic N) is 1. The van der Waals surface area contributed by atoms with Crippen LogP contribution in [0, 0.1) is 11.3 Å². The third-order valence-electron chi connectivity index (χ3n) is 3.92. The topological polar surface area (TPSA) is 62.1 Å². The van der Waals surface area contributed by atoms with Gasteiger partial charge in [-0.3, -0.25) is 4.79 Å². The number of hydrogen-bond donors (Lipinski definition) is 1. The fraction of sp³-hybridized carbons (Fsp3) is 0.0476. The van der Waals surface area contributed by atoms with Gasteiger partial charge in [0.25, 0.3) is 5.91 Å². The van der Waals surface area contributed by atoms with Gasteiger partial charge in [-0.15, -0.1) is 0 Å². The summed E-state index contributed by atoms with van der Waals surface area (Å²) in [6.45, 7) is 0. The summed E-state index contributed by atoms with van der Waals surface area (Å²) < 4.78 is 6.14. The minimum absolute atomic E-state index is 0.273. The van der Waals surface area contributed by atoms with Gasteiger partial charge in [0.05, 0.1) is 24.4 Å². The summed E-state index contributed by atoms with van der Waals surface area (Å²) in [6.07, 6.45) is 0. The zero-order valence-electron chi connectivity index (χ0n) is 14.0. The van der Waals surface area contributed by atoms with Crippen LogP contribution in [-0.2, 0) is 0 Å². The van der Waals surface area contributed by atoms with Crippen LogP contribution in [0.15, 0.2) is 71.2 Å². The summed E-state index contributed by atoms with van der Waals surface area (Å²) in [5.41, 5.74) is 3.00. The summed E-state index contributed by atoms with van der Waals surface area (Å²) in [7, 11) is 1.55. The molecule has 4 nitrogen and oxygen atoms in total. The maximum atomic E-state index is 12.9. The molecule has 3 aromatic carbocycles. The van der Waals surface area contributed by atoms with Crippen LogP contribution in [0.5, 0.6) is 5.75 Å². The maximum absolute atomic E-state index is 12.9. The van der Waals surface area contributed by atoms with Crippen LogP contribution in [0.1, 0.15) is 15.9 Å². The Kier molecular flexibility index (Phi) is 5.35. The smallest absolute Gasteiger partial charge is 0.256 e. The lowest BCUT2D eigenvalue weighted by molar-refractivity contribution is 0.102. The van der Waals surface area contributed by atoms with E-state index in [0.29, 0.717) is 28.1 Å². The molecule has 5 heteroatoms. The molecule has 0 spiro atoms. The minimum atomic E-state index is -0.273. The summed E-state index contributed by atoms with van der Waals surface area (Å²) in [5.74, 6) is 0.293. The van der Waals surface area contributed by atoms with E-state index in [4.69, 9.17) is 4.74 Å². The molecule has 0 aliphatic rings. The molecule has 128 valence electrons. The number of ether oxygens (including phenoxy) is 1. The summed E-state index contributed by atoms with van der Waals surface area (Å²) in [5, 5.41) is 12.3. The number of halogens is 1. The van der Waals surface area contributed by atoms with Crippen molar-refractivity contribution in [2.24, 2.45) is 0 Å². The Morgan fingerprint density at radius 3 is 2.46 bits per heavy atom. The Bertz CT molecular complexity index is 1010. The highest BCUT2D eigenvalue weighted by molar-refractivity contribution is 9.10. The lowest BCUT2D eigenvalue weighted by Gasteiger charge is -2.13. The minimum Gasteiger partial charge on any atom is -0.495 e. The highest BCUT2D eigenvalue weighted by atomic mass is 79.9. The van der Waals surface area contributed by atoms with Crippen LogP contribution in [0.25, 0.3) is 11.1 Å². The molecule has 0 bridgehead atoms. The van der Waals surface area contributed by atoms with E-state index in [-0.39, 0.29) is 5.91 Å². The molecule has 0 aliphatic heterocycles. The van der Waals surface area contributed by atoms with E-state index in [1.54, 1.807) is 43.5 Å². The fourth-order valence-electron chi connectivity index (χ4n) is 2.70. The SMILES string of the molecule is COc1ccc(Br)cc1NC(=O)c1ccccc1-c1ccccc1C#N. The van der Waals surface area contributed by atoms with Gasteiger partial charge in [0.15, 0.2) is 0 Å². The monoisotopic (exact) mass is 406 g/mol. The second kappa shape index (κ2) is 7.85. The first kappa shape index (κ1) is 17.7. The number of methoxy groups -OCH3 is 1. The number of nitriles is 1. The number of nitrogens with one attached hydrogen (secondary N) is 1. The molecule has 0 unspecified atom stereocenters. The van der Waals surface area contributed by atoms with Crippen molar-refractivity contribution >= 4 is 27.5 Å². The number of carbonyl (C=O) groups excluding carboxylic acids is 1. The van der Waals surface area contributed by atoms with E-state index in [0.717, 1.165) is 10.0 Å². The van der Waals surface area contributed by atoms with Gasteiger partial charge < -0.3 is 10.1 Å². The molecular weight excluding hydrogens is 392 g/mol. The van der Waals surface area contributed by atoms with Crippen LogP contribution in [0.2, 0.25) is 0 Å². The second-order valence-electron chi connectivity index (χ2n) is 5.50. The number of benzene rings is 3. The third kappa shape index (κ3) is 3.61. The maximum Gasteiger partial charge on any atom is 0.256 e. The standard InChI is InChI=1S/C21H15BrN2O2/c1-26-20-11-10-15(22)12-19(20)24-21(25)18-9-5-4-8-17(18)16-7-3-2-6-14(16)13-23/h2-12H,1H3,(H,24,25). The van der Waals surface area contributed by atoms with Gasteiger partial charge in [0.2, 0.25) is 0 Å². The Hall–Kier alpha value is -3.10. The van der Waals surface area contributed by atoms with Gasteiger partial charge in [-0.2, -0.15) is 5.26 Å². The first-order chi connectivity index (χ1) is 12.6. The lowest BCUT2D eigenvalue weighted by Crippen LogP contribution is -2.14. The van der Waals surface area contributed by atoms with E-state index < -0.39 is 0 Å². The van der Waals surface area contributed by atoms with Crippen LogP contribution < -0.4 is 10.1 Å². The summed E-state index contributed by atoms with van der Waals surface area (Å²) in [4.78, 5) is 12.9. The van der Waals surface area contributed by atoms with E-state index in [2.05, 4.69) is 27.3 Å². The highest BCUT2D eigenvalue weighted by Gasteiger charge is 2.16. The van der Waals surface area contributed by atoms with Crippen molar-refractivity contribution in [1.82, 2.24) is 0 Å². The first-order valence-corrected chi connectivity index (χ1v) is 8.66. The largest absolute Gasteiger partial charge is 0.495 e. The Balaban J connectivity index is 2.02. The van der Waals surface area contributed by atoms with E-state index >= 15 is 0 Å². The quantitative estimate of drug-likeness (QED) is 0.643. The van der Waals surface area contributed by atoms with E-state index in [1.807, 2.05) is 30.3 Å². The van der Waals surface area contributed by atoms with Gasteiger partial charge in [-0.1, -0.05) is 52.3 Å². The number of amides is 1. The molecule has 26 heavy (non-hydrogen) atoms. The van der Waals surface area contributed by atoms with Crippen LogP contribution >= 0.6 is 15.9 Å². The number of rotatable bonds is 4. The Labute approximate surface area is 160 Å². The van der Waals surface area contributed by atoms with Crippen molar-refractivity contribution in [2.75, 3.05) is 12.4 Å². The first-order valence-electron chi connectivity index (χ1n) is 7.87. The molecule has 0 saturated heterocycles. The molecule has 0 fully saturated rings. The number of anilines is 1. The molecule has 0 aliphatic carbocycles. The van der Waals surface area contributed by atoms with Crippen molar-refractivity contribution in [3.8, 4) is 22.9 Å². The van der Waals surface area contributed by atoms with Gasteiger partial charge in [-0.05, 0) is 35.9 Å². The van der Waals surface area contributed by atoms with E-state index in [1.165, 1.54) is 0 Å². The fourth-order valence-corrected chi connectivity index (χ4v) is 3.06. The molecule has 1 N–H and O–H groups in total. The molecule has 0 radical (unpaired) electrons. The van der Waals surface area contributed by atoms with Crippen LogP contribution in [0.3, 0.4) is 0 Å². The molecule has 0 heterocycles.